The van der Waals surface area contributed by atoms with E-state index in [4.69, 9.17) is 15.2 Å². The van der Waals surface area contributed by atoms with Gasteiger partial charge in [-0.15, -0.1) is 0 Å². The zero-order chi connectivity index (χ0) is 30.8. The number of nitrogens with two attached hydrogens (primary N) is 1. The fourth-order valence-electron chi connectivity index (χ4n) is 6.12. The minimum Gasteiger partial charge on any atom is -0.472 e. The third kappa shape index (κ3) is 5.48. The number of fused-ring (bicyclic) bond motifs is 1. The van der Waals surface area contributed by atoms with Crippen LogP contribution in [-0.4, -0.2) is 86.9 Å². The van der Waals surface area contributed by atoms with Crippen LogP contribution in [0.1, 0.15) is 67.2 Å². The second-order valence-corrected chi connectivity index (χ2v) is 14.1. The summed E-state index contributed by atoms with van der Waals surface area (Å²) < 4.78 is 11.5. The lowest BCUT2D eigenvalue weighted by Gasteiger charge is -2.37. The number of pyridine rings is 1. The van der Waals surface area contributed by atoms with Gasteiger partial charge in [-0.2, -0.15) is 0 Å². The average Bonchev–Trinajstić information content (AvgIpc) is 3.34. The van der Waals surface area contributed by atoms with E-state index in [1.54, 1.807) is 32.9 Å². The van der Waals surface area contributed by atoms with Gasteiger partial charge >= 0.3 is 6.09 Å². The quantitative estimate of drug-likeness (QED) is 0.478. The Bertz CT molecular complexity index is 1330. The van der Waals surface area contributed by atoms with Crippen molar-refractivity contribution < 1.29 is 33.4 Å². The molecule has 3 fully saturated rings. The fourth-order valence-corrected chi connectivity index (χ4v) is 6.12. The number of aromatic nitrogens is 1. The van der Waals surface area contributed by atoms with Crippen LogP contribution in [0.3, 0.4) is 0 Å². The molecule has 13 heteroatoms. The number of amides is 5. The molecule has 4 heterocycles. The maximum atomic E-state index is 14.3. The van der Waals surface area contributed by atoms with E-state index in [1.165, 1.54) is 16.0 Å². The first-order chi connectivity index (χ1) is 19.4. The highest BCUT2D eigenvalue weighted by atomic mass is 16.6. The molecule has 2 spiro atoms. The Morgan fingerprint density at radius 2 is 1.79 bits per heavy atom. The molecule has 0 aromatic carbocycles. The maximum Gasteiger partial charge on any atom is 0.408 e. The summed E-state index contributed by atoms with van der Waals surface area (Å²) in [7, 11) is 0. The molecular formula is C29H40N6O7. The van der Waals surface area contributed by atoms with E-state index in [2.05, 4.69) is 15.6 Å². The smallest absolute Gasteiger partial charge is 0.408 e. The molecule has 5 amide bonds. The minimum absolute atomic E-state index is 0.134. The molecule has 228 valence electrons. The second kappa shape index (κ2) is 9.84. The molecule has 0 unspecified atom stereocenters. The molecule has 1 saturated carbocycles. The summed E-state index contributed by atoms with van der Waals surface area (Å²) in [6.07, 6.45) is 2.78. The van der Waals surface area contributed by atoms with Crippen molar-refractivity contribution in [2.24, 2.45) is 16.6 Å². The number of nitrogens with one attached hydrogen (secondary N) is 2. The van der Waals surface area contributed by atoms with Crippen LogP contribution >= 0.6 is 0 Å². The van der Waals surface area contributed by atoms with Crippen molar-refractivity contribution in [3.63, 3.8) is 0 Å². The summed E-state index contributed by atoms with van der Waals surface area (Å²) in [6.45, 7) is 10.8. The van der Waals surface area contributed by atoms with Gasteiger partial charge in [-0.05, 0) is 63.0 Å². The lowest BCUT2D eigenvalue weighted by molar-refractivity contribution is -0.148. The number of hydrogen-bond donors (Lipinski definition) is 3. The number of ether oxygens (including phenoxy) is 2. The van der Waals surface area contributed by atoms with Crippen molar-refractivity contribution in [3.05, 3.63) is 18.3 Å². The van der Waals surface area contributed by atoms with Crippen LogP contribution in [0, 0.1) is 10.8 Å². The number of alkyl carbamates (subject to hydrolysis) is 1. The fraction of sp³-hybridized carbons (Fsp3) is 0.655. The summed E-state index contributed by atoms with van der Waals surface area (Å²) in [6, 6.07) is 0.299. The molecule has 0 bridgehead atoms. The first-order valence-corrected chi connectivity index (χ1v) is 14.3. The minimum atomic E-state index is -1.54. The molecule has 1 aromatic heterocycles. The molecule has 3 aliphatic heterocycles. The molecule has 0 radical (unpaired) electrons. The lowest BCUT2D eigenvalue weighted by atomic mass is 9.85. The summed E-state index contributed by atoms with van der Waals surface area (Å²) in [4.78, 5) is 73.9. The van der Waals surface area contributed by atoms with Gasteiger partial charge in [0.05, 0.1) is 6.54 Å². The Hall–Kier alpha value is -3.90. The van der Waals surface area contributed by atoms with E-state index in [1.807, 2.05) is 20.8 Å². The van der Waals surface area contributed by atoms with Crippen LogP contribution < -0.4 is 21.1 Å². The Kier molecular flexibility index (Phi) is 6.93. The Balaban J connectivity index is 1.42. The van der Waals surface area contributed by atoms with Gasteiger partial charge in [-0.25, -0.2) is 9.78 Å². The standard InChI is InChI=1S/C29H40N6O7/c1-26(2,3)19(32-25(40)42-27(4,5)6)23(38)34-14-28(9-10-28)12-17(34)22(37)35-15-29(13-16(35)20(30)36)24(39)33-21-18(41-29)8-7-11-31-21/h7-8,11,16-17,19H,9-10,12-15H2,1-6H3,(H2,30,36)(H,32,40)(H,31,33,39)/t16-,17-,19+,29+/m0/s1. The zero-order valence-electron chi connectivity index (χ0n) is 25.0. The van der Waals surface area contributed by atoms with Crippen molar-refractivity contribution >= 4 is 35.5 Å². The van der Waals surface area contributed by atoms with E-state index in [0.29, 0.717) is 18.7 Å². The number of primary amides is 1. The van der Waals surface area contributed by atoms with E-state index < -0.39 is 64.5 Å². The third-order valence-corrected chi connectivity index (χ3v) is 8.47. The Morgan fingerprint density at radius 3 is 2.38 bits per heavy atom. The lowest BCUT2D eigenvalue weighted by Crippen LogP contribution is -2.59. The van der Waals surface area contributed by atoms with Crippen LogP contribution in [0.4, 0.5) is 10.6 Å². The number of carbonyl (C=O) groups is 5. The Morgan fingerprint density at radius 1 is 1.10 bits per heavy atom. The van der Waals surface area contributed by atoms with Gasteiger partial charge in [0.1, 0.15) is 23.7 Å². The normalized spacial score (nSPS) is 26.8. The highest BCUT2D eigenvalue weighted by molar-refractivity contribution is 6.03. The number of hydrogen-bond acceptors (Lipinski definition) is 8. The van der Waals surface area contributed by atoms with Gasteiger partial charge in [0, 0.05) is 19.2 Å². The monoisotopic (exact) mass is 584 g/mol. The van der Waals surface area contributed by atoms with Crippen molar-refractivity contribution in [1.29, 1.82) is 0 Å². The van der Waals surface area contributed by atoms with Crippen LogP contribution in [0.5, 0.6) is 5.75 Å². The predicted molar refractivity (Wildman–Crippen MR) is 150 cm³/mol. The topological polar surface area (TPSA) is 173 Å². The molecular weight excluding hydrogens is 544 g/mol. The van der Waals surface area contributed by atoms with Gasteiger partial charge < -0.3 is 35.6 Å². The number of anilines is 1. The number of rotatable bonds is 4. The van der Waals surface area contributed by atoms with Gasteiger partial charge in [0.15, 0.2) is 11.6 Å². The number of likely N-dealkylation sites (tertiary alicyclic amines) is 2. The van der Waals surface area contributed by atoms with Crippen molar-refractivity contribution in [3.8, 4) is 5.75 Å². The average molecular weight is 585 g/mol. The van der Waals surface area contributed by atoms with E-state index in [0.717, 1.165) is 12.8 Å². The van der Waals surface area contributed by atoms with Crippen LogP contribution in [0.25, 0.3) is 0 Å². The van der Waals surface area contributed by atoms with Crippen LogP contribution in [-0.2, 0) is 23.9 Å². The first-order valence-electron chi connectivity index (χ1n) is 14.3. The largest absolute Gasteiger partial charge is 0.472 e. The number of carbonyl (C=O) groups excluding carboxylic acids is 5. The molecule has 1 aliphatic carbocycles. The Labute approximate surface area is 244 Å². The molecule has 4 N–H and O–H groups in total. The molecule has 42 heavy (non-hydrogen) atoms. The van der Waals surface area contributed by atoms with Gasteiger partial charge in [-0.1, -0.05) is 20.8 Å². The van der Waals surface area contributed by atoms with E-state index >= 15 is 0 Å². The second-order valence-electron chi connectivity index (χ2n) is 14.1. The summed E-state index contributed by atoms with van der Waals surface area (Å²) in [5.41, 5.74) is 2.54. The van der Waals surface area contributed by atoms with E-state index in [9.17, 15) is 24.0 Å². The van der Waals surface area contributed by atoms with Gasteiger partial charge in [0.25, 0.3) is 5.91 Å². The molecule has 2 saturated heterocycles. The SMILES string of the molecule is CC(C)(C)OC(=O)N[C@H](C(=O)N1CC2(CC2)C[C@H]1C(=O)N1C[C@@]2(C[C@H]1C(N)=O)Oc1cccnc1NC2=O)C(C)(C)C. The highest BCUT2D eigenvalue weighted by Gasteiger charge is 2.61. The van der Waals surface area contributed by atoms with Crippen molar-refractivity contribution in [2.75, 3.05) is 18.4 Å². The highest BCUT2D eigenvalue weighted by Crippen LogP contribution is 2.55. The predicted octanol–water partition coefficient (Wildman–Crippen LogP) is 1.56. The summed E-state index contributed by atoms with van der Waals surface area (Å²) in [5.74, 6) is -1.61. The molecule has 4 aliphatic rings. The molecule has 13 nitrogen and oxygen atoms in total. The third-order valence-electron chi connectivity index (χ3n) is 8.47. The molecule has 1 aromatic rings. The van der Waals surface area contributed by atoms with Gasteiger partial charge in [-0.3, -0.25) is 19.2 Å². The van der Waals surface area contributed by atoms with Gasteiger partial charge in [0.2, 0.25) is 23.3 Å². The van der Waals surface area contributed by atoms with Crippen LogP contribution in [0.2, 0.25) is 0 Å². The first kappa shape index (κ1) is 29.6. The van der Waals surface area contributed by atoms with E-state index in [-0.39, 0.29) is 24.2 Å². The molecule has 5 rings (SSSR count). The zero-order valence-corrected chi connectivity index (χ0v) is 25.0. The molecule has 4 atom stereocenters. The maximum absolute atomic E-state index is 14.3. The summed E-state index contributed by atoms with van der Waals surface area (Å²) in [5, 5.41) is 5.44. The van der Waals surface area contributed by atoms with Crippen LogP contribution in [0.15, 0.2) is 18.3 Å². The van der Waals surface area contributed by atoms with Crippen molar-refractivity contribution in [1.82, 2.24) is 20.1 Å². The summed E-state index contributed by atoms with van der Waals surface area (Å²) >= 11 is 0. The number of nitrogens with zero attached hydrogens (tertiary/aromatic N) is 3. The van der Waals surface area contributed by atoms with Crippen molar-refractivity contribution in [2.45, 2.75) is 96.6 Å².